The second kappa shape index (κ2) is 5.13. The van der Waals surface area contributed by atoms with Crippen molar-refractivity contribution in [1.29, 1.82) is 0 Å². The minimum atomic E-state index is -0.684. The summed E-state index contributed by atoms with van der Waals surface area (Å²) >= 11 is 0. The number of nitrogens with zero attached hydrogens (tertiary/aromatic N) is 1. The molecule has 0 amide bonds. The lowest BCUT2D eigenvalue weighted by Gasteiger charge is -2.09. The van der Waals surface area contributed by atoms with Crippen LogP contribution in [0.3, 0.4) is 0 Å². The molecule has 1 unspecified atom stereocenters. The molecule has 102 valence electrons. The van der Waals surface area contributed by atoms with Gasteiger partial charge in [0, 0.05) is 11.8 Å². The van der Waals surface area contributed by atoms with E-state index in [0.717, 1.165) is 17.7 Å². The van der Waals surface area contributed by atoms with Crippen LogP contribution in [0.2, 0.25) is 0 Å². The fourth-order valence-corrected chi connectivity index (χ4v) is 2.48. The van der Waals surface area contributed by atoms with E-state index in [9.17, 15) is 13.9 Å². The number of aliphatic hydroxyl groups excluding tert-OH is 1. The second-order valence-electron chi connectivity index (χ2n) is 4.83. The highest BCUT2D eigenvalue weighted by Gasteiger charge is 2.20. The first-order valence-electron chi connectivity index (χ1n) is 6.44. The summed E-state index contributed by atoms with van der Waals surface area (Å²) in [4.78, 5) is 4.17. The van der Waals surface area contributed by atoms with E-state index in [1.165, 1.54) is 6.07 Å². The molecule has 2 aromatic rings. The Morgan fingerprint density at radius 1 is 1.20 bits per heavy atom. The van der Waals surface area contributed by atoms with Crippen LogP contribution in [0, 0.1) is 11.6 Å². The fraction of sp³-hybridized carbons (Fsp3) is 0.188. The molecule has 1 aliphatic rings. The molecule has 1 aromatic heterocycles. The number of aromatic nitrogens is 1. The van der Waals surface area contributed by atoms with E-state index in [4.69, 9.17) is 0 Å². The molecule has 4 heteroatoms. The minimum absolute atomic E-state index is 0.244. The second-order valence-corrected chi connectivity index (χ2v) is 4.83. The average molecular weight is 273 g/mol. The van der Waals surface area contributed by atoms with Gasteiger partial charge in [0.15, 0.2) is 0 Å². The number of halogens is 2. The lowest BCUT2D eigenvalue weighted by Crippen LogP contribution is -2.00. The first kappa shape index (κ1) is 12.9. The molecule has 1 atom stereocenters. The highest BCUT2D eigenvalue weighted by Crippen LogP contribution is 2.34. The zero-order valence-electron chi connectivity index (χ0n) is 10.7. The fourth-order valence-electron chi connectivity index (χ4n) is 2.48. The van der Waals surface area contributed by atoms with Crippen LogP contribution in [0.15, 0.2) is 36.5 Å². The van der Waals surface area contributed by atoms with Gasteiger partial charge in [-0.1, -0.05) is 6.07 Å². The normalized spacial score (nSPS) is 18.1. The number of rotatable bonds is 1. The van der Waals surface area contributed by atoms with Gasteiger partial charge >= 0.3 is 0 Å². The van der Waals surface area contributed by atoms with Crippen molar-refractivity contribution in [3.05, 3.63) is 65.0 Å². The van der Waals surface area contributed by atoms with Gasteiger partial charge in [0.05, 0.1) is 11.8 Å². The minimum Gasteiger partial charge on any atom is -0.387 e. The van der Waals surface area contributed by atoms with E-state index in [2.05, 4.69) is 4.98 Å². The summed E-state index contributed by atoms with van der Waals surface area (Å²) < 4.78 is 27.2. The third-order valence-corrected chi connectivity index (χ3v) is 3.48. The van der Waals surface area contributed by atoms with E-state index in [0.29, 0.717) is 24.1 Å². The molecule has 2 nitrogen and oxygen atoms in total. The first-order chi connectivity index (χ1) is 9.65. The molecule has 0 saturated heterocycles. The third kappa shape index (κ3) is 2.34. The molecular weight excluding hydrogens is 260 g/mol. The zero-order valence-corrected chi connectivity index (χ0v) is 10.7. The summed E-state index contributed by atoms with van der Waals surface area (Å²) in [6, 6.07) is 6.98. The van der Waals surface area contributed by atoms with Crippen molar-refractivity contribution in [3.63, 3.8) is 0 Å². The number of aliphatic hydroxyl groups is 1. The van der Waals surface area contributed by atoms with Gasteiger partial charge in [0.2, 0.25) is 0 Å². The molecule has 1 N–H and O–H groups in total. The van der Waals surface area contributed by atoms with Crippen molar-refractivity contribution >= 4 is 11.6 Å². The van der Waals surface area contributed by atoms with Gasteiger partial charge in [-0.2, -0.15) is 0 Å². The van der Waals surface area contributed by atoms with E-state index in [-0.39, 0.29) is 5.56 Å². The van der Waals surface area contributed by atoms with Crippen molar-refractivity contribution < 1.29 is 13.9 Å². The Kier molecular flexibility index (Phi) is 3.32. The Morgan fingerprint density at radius 3 is 2.90 bits per heavy atom. The topological polar surface area (TPSA) is 33.1 Å². The molecule has 0 saturated carbocycles. The van der Waals surface area contributed by atoms with Gasteiger partial charge in [0.25, 0.3) is 0 Å². The molecule has 0 fully saturated rings. The Morgan fingerprint density at radius 2 is 2.05 bits per heavy atom. The van der Waals surface area contributed by atoms with E-state index < -0.39 is 17.7 Å². The predicted octanol–water partition coefficient (Wildman–Crippen LogP) is 3.73. The van der Waals surface area contributed by atoms with Crippen molar-refractivity contribution in [1.82, 2.24) is 4.98 Å². The maximum Gasteiger partial charge on any atom is 0.130 e. The number of hydrogen-bond donors (Lipinski definition) is 1. The van der Waals surface area contributed by atoms with Gasteiger partial charge in [-0.25, -0.2) is 8.78 Å². The van der Waals surface area contributed by atoms with Crippen LogP contribution in [0.25, 0.3) is 11.6 Å². The van der Waals surface area contributed by atoms with Gasteiger partial charge in [-0.15, -0.1) is 0 Å². The summed E-state index contributed by atoms with van der Waals surface area (Å²) in [5.74, 6) is -0.932. The van der Waals surface area contributed by atoms with E-state index >= 15 is 0 Å². The zero-order chi connectivity index (χ0) is 14.1. The average Bonchev–Trinajstić information content (AvgIpc) is 2.62. The summed E-state index contributed by atoms with van der Waals surface area (Å²) in [6.45, 7) is 0. The molecule has 0 spiro atoms. The van der Waals surface area contributed by atoms with Crippen LogP contribution in [0.4, 0.5) is 8.78 Å². The summed E-state index contributed by atoms with van der Waals surface area (Å²) in [5.41, 5.74) is 2.25. The van der Waals surface area contributed by atoms with Crippen LogP contribution in [-0.2, 0) is 0 Å². The number of hydrogen-bond acceptors (Lipinski definition) is 2. The molecule has 3 rings (SSSR count). The van der Waals surface area contributed by atoms with Crippen molar-refractivity contribution in [3.8, 4) is 0 Å². The van der Waals surface area contributed by atoms with Gasteiger partial charge < -0.3 is 5.11 Å². The largest absolute Gasteiger partial charge is 0.387 e. The first-order valence-corrected chi connectivity index (χ1v) is 6.44. The quantitative estimate of drug-likeness (QED) is 0.858. The summed E-state index contributed by atoms with van der Waals surface area (Å²) in [7, 11) is 0. The van der Waals surface area contributed by atoms with Crippen LogP contribution in [0.1, 0.15) is 35.8 Å². The lowest BCUT2D eigenvalue weighted by atomic mass is 9.99. The van der Waals surface area contributed by atoms with Crippen molar-refractivity contribution in [2.24, 2.45) is 0 Å². The Bertz CT molecular complexity index is 682. The number of allylic oxidation sites excluding steroid dienone is 1. The van der Waals surface area contributed by atoms with Crippen LogP contribution < -0.4 is 0 Å². The summed E-state index contributed by atoms with van der Waals surface area (Å²) in [5, 5.41) is 10.1. The molecular formula is C16H13F2NO. The Hall–Kier alpha value is -2.07. The van der Waals surface area contributed by atoms with Crippen molar-refractivity contribution in [2.45, 2.75) is 18.9 Å². The van der Waals surface area contributed by atoms with Gasteiger partial charge in [-0.05, 0) is 54.3 Å². The maximum absolute atomic E-state index is 13.9. The molecule has 1 aromatic carbocycles. The number of pyridine rings is 1. The summed E-state index contributed by atoms with van der Waals surface area (Å²) in [6.07, 6.45) is 3.61. The van der Waals surface area contributed by atoms with Crippen molar-refractivity contribution in [2.75, 3.05) is 0 Å². The molecule has 1 heterocycles. The SMILES string of the molecule is OC1CCC(c2cc(F)ccc2F)=Cc2cccnc21. The monoisotopic (exact) mass is 273 g/mol. The third-order valence-electron chi connectivity index (χ3n) is 3.48. The highest BCUT2D eigenvalue weighted by atomic mass is 19.1. The molecule has 20 heavy (non-hydrogen) atoms. The number of benzene rings is 1. The van der Waals surface area contributed by atoms with Crippen LogP contribution in [0.5, 0.6) is 0 Å². The predicted molar refractivity (Wildman–Crippen MR) is 72.7 cm³/mol. The number of fused-ring (bicyclic) bond motifs is 1. The standard InChI is InChI=1S/C16H13F2NO/c17-12-4-5-14(18)13(9-12)10-3-6-15(20)16-11(8-10)2-1-7-19-16/h1-2,4-5,7-9,15,20H,3,6H2. The van der Waals surface area contributed by atoms with Crippen LogP contribution in [-0.4, -0.2) is 10.1 Å². The Labute approximate surface area is 115 Å². The highest BCUT2D eigenvalue weighted by molar-refractivity contribution is 5.83. The Balaban J connectivity index is 2.12. The molecule has 0 aliphatic heterocycles. The maximum atomic E-state index is 13.9. The lowest BCUT2D eigenvalue weighted by molar-refractivity contribution is 0.165. The van der Waals surface area contributed by atoms with Gasteiger partial charge in [0.1, 0.15) is 11.6 Å². The molecule has 0 bridgehead atoms. The van der Waals surface area contributed by atoms with E-state index in [1.54, 1.807) is 18.3 Å². The van der Waals surface area contributed by atoms with Crippen LogP contribution >= 0.6 is 0 Å². The van der Waals surface area contributed by atoms with Gasteiger partial charge in [-0.3, -0.25) is 4.98 Å². The van der Waals surface area contributed by atoms with E-state index in [1.807, 2.05) is 6.07 Å². The molecule has 1 aliphatic carbocycles. The molecule has 0 radical (unpaired) electrons. The smallest absolute Gasteiger partial charge is 0.130 e.